The van der Waals surface area contributed by atoms with Crippen LogP contribution in [0.5, 0.6) is 5.75 Å². The average Bonchev–Trinajstić information content (AvgIpc) is 2.15. The lowest BCUT2D eigenvalue weighted by atomic mass is 9.69. The van der Waals surface area contributed by atoms with Crippen LogP contribution in [-0.4, -0.2) is 17.7 Å². The van der Waals surface area contributed by atoms with Gasteiger partial charge >= 0.3 is 5.97 Å². The summed E-state index contributed by atoms with van der Waals surface area (Å²) in [5.74, 6) is -0.821. The van der Waals surface area contributed by atoms with Gasteiger partial charge in [-0.1, -0.05) is 12.5 Å². The summed E-state index contributed by atoms with van der Waals surface area (Å²) in [4.78, 5) is 11.0. The largest absolute Gasteiger partial charge is 0.492 e. The highest BCUT2D eigenvalue weighted by Gasteiger charge is 2.45. The number of carboxylic acids is 1. The molecule has 0 radical (unpaired) electrons. The van der Waals surface area contributed by atoms with E-state index in [0.29, 0.717) is 18.6 Å². The Morgan fingerprint density at radius 2 is 2.25 bits per heavy atom. The third-order valence-corrected chi connectivity index (χ3v) is 3.08. The summed E-state index contributed by atoms with van der Waals surface area (Å²) in [6.07, 6.45) is 2.19. The maximum atomic E-state index is 12.8. The van der Waals surface area contributed by atoms with Crippen molar-refractivity contribution in [3.63, 3.8) is 0 Å². The number of ether oxygens (including phenoxy) is 1. The standard InChI is InChI=1S/C12H13FO3/c13-9-3-1-4-10(7-9)16-8-12(11(14)15)5-2-6-12/h1,3-4,7H,2,5-6,8H2,(H,14,15). The Bertz CT molecular complexity index is 399. The van der Waals surface area contributed by atoms with Crippen LogP contribution in [0.1, 0.15) is 19.3 Å². The van der Waals surface area contributed by atoms with Gasteiger partial charge < -0.3 is 9.84 Å². The molecule has 1 N–H and O–H groups in total. The summed E-state index contributed by atoms with van der Waals surface area (Å²) in [5, 5.41) is 9.06. The molecule has 0 spiro atoms. The maximum absolute atomic E-state index is 12.8. The minimum atomic E-state index is -0.824. The maximum Gasteiger partial charge on any atom is 0.313 e. The number of carbonyl (C=O) groups is 1. The van der Waals surface area contributed by atoms with E-state index in [1.54, 1.807) is 12.1 Å². The molecule has 1 fully saturated rings. The highest BCUT2D eigenvalue weighted by atomic mass is 19.1. The fourth-order valence-electron chi connectivity index (χ4n) is 1.80. The SMILES string of the molecule is O=C(O)C1(COc2cccc(F)c2)CCC1. The molecule has 0 saturated heterocycles. The van der Waals surface area contributed by atoms with E-state index in [1.807, 2.05) is 0 Å². The molecule has 0 bridgehead atoms. The van der Waals surface area contributed by atoms with Crippen molar-refractivity contribution in [2.45, 2.75) is 19.3 Å². The molecule has 0 amide bonds. The summed E-state index contributed by atoms with van der Waals surface area (Å²) in [6, 6.07) is 5.74. The van der Waals surface area contributed by atoms with E-state index < -0.39 is 11.4 Å². The van der Waals surface area contributed by atoms with Crippen LogP contribution in [0.3, 0.4) is 0 Å². The van der Waals surface area contributed by atoms with E-state index in [9.17, 15) is 9.18 Å². The summed E-state index contributed by atoms with van der Waals surface area (Å²) >= 11 is 0. The zero-order chi connectivity index (χ0) is 11.6. The third kappa shape index (κ3) is 2.01. The fraction of sp³-hybridized carbons (Fsp3) is 0.417. The monoisotopic (exact) mass is 224 g/mol. The molecule has 2 rings (SSSR count). The van der Waals surface area contributed by atoms with Gasteiger partial charge in [-0.05, 0) is 25.0 Å². The lowest BCUT2D eigenvalue weighted by molar-refractivity contribution is -0.157. The molecule has 86 valence electrons. The molecule has 1 aliphatic carbocycles. The first kappa shape index (κ1) is 10.9. The van der Waals surface area contributed by atoms with E-state index in [0.717, 1.165) is 6.42 Å². The van der Waals surface area contributed by atoms with Crippen LogP contribution in [0.2, 0.25) is 0 Å². The van der Waals surface area contributed by atoms with Crippen LogP contribution in [0, 0.1) is 11.2 Å². The van der Waals surface area contributed by atoms with Gasteiger partial charge in [-0.15, -0.1) is 0 Å². The van der Waals surface area contributed by atoms with Crippen LogP contribution < -0.4 is 4.74 Å². The van der Waals surface area contributed by atoms with Crippen LogP contribution in [0.15, 0.2) is 24.3 Å². The van der Waals surface area contributed by atoms with Gasteiger partial charge in [0.2, 0.25) is 0 Å². The molecule has 1 aliphatic rings. The third-order valence-electron chi connectivity index (χ3n) is 3.08. The number of rotatable bonds is 4. The average molecular weight is 224 g/mol. The van der Waals surface area contributed by atoms with Crippen LogP contribution >= 0.6 is 0 Å². The zero-order valence-corrected chi connectivity index (χ0v) is 8.78. The summed E-state index contributed by atoms with van der Waals surface area (Å²) in [6.45, 7) is 0.117. The second-order valence-corrected chi connectivity index (χ2v) is 4.19. The number of hydrogen-bond donors (Lipinski definition) is 1. The molecule has 1 saturated carbocycles. The first-order valence-electron chi connectivity index (χ1n) is 5.24. The van der Waals surface area contributed by atoms with Crippen LogP contribution in [0.25, 0.3) is 0 Å². The Labute approximate surface area is 92.9 Å². The predicted molar refractivity (Wildman–Crippen MR) is 55.8 cm³/mol. The zero-order valence-electron chi connectivity index (χ0n) is 8.78. The van der Waals surface area contributed by atoms with E-state index in [1.165, 1.54) is 12.1 Å². The molecule has 3 nitrogen and oxygen atoms in total. The topological polar surface area (TPSA) is 46.5 Å². The molecule has 1 aromatic carbocycles. The Morgan fingerprint density at radius 3 is 2.75 bits per heavy atom. The van der Waals surface area contributed by atoms with Crippen molar-refractivity contribution in [1.82, 2.24) is 0 Å². The van der Waals surface area contributed by atoms with Gasteiger partial charge in [0.15, 0.2) is 0 Å². The first-order chi connectivity index (χ1) is 7.62. The van der Waals surface area contributed by atoms with E-state index in [-0.39, 0.29) is 12.4 Å². The van der Waals surface area contributed by atoms with Crippen molar-refractivity contribution < 1.29 is 19.0 Å². The highest BCUT2D eigenvalue weighted by Crippen LogP contribution is 2.41. The minimum absolute atomic E-state index is 0.117. The molecule has 4 heteroatoms. The molecule has 0 atom stereocenters. The van der Waals surface area contributed by atoms with Gasteiger partial charge in [-0.25, -0.2) is 4.39 Å². The van der Waals surface area contributed by atoms with Crippen molar-refractivity contribution in [1.29, 1.82) is 0 Å². The van der Waals surface area contributed by atoms with Crippen LogP contribution in [-0.2, 0) is 4.79 Å². The molecule has 16 heavy (non-hydrogen) atoms. The van der Waals surface area contributed by atoms with Gasteiger partial charge in [0, 0.05) is 6.07 Å². The van der Waals surface area contributed by atoms with Gasteiger partial charge in [-0.2, -0.15) is 0 Å². The highest BCUT2D eigenvalue weighted by molar-refractivity contribution is 5.75. The van der Waals surface area contributed by atoms with Gasteiger partial charge in [0.05, 0.1) is 0 Å². The minimum Gasteiger partial charge on any atom is -0.492 e. The van der Waals surface area contributed by atoms with Crippen molar-refractivity contribution in [3.8, 4) is 5.75 Å². The second-order valence-electron chi connectivity index (χ2n) is 4.19. The van der Waals surface area contributed by atoms with Gasteiger partial charge in [0.25, 0.3) is 0 Å². The normalized spacial score (nSPS) is 17.6. The quantitative estimate of drug-likeness (QED) is 0.854. The second kappa shape index (κ2) is 4.12. The van der Waals surface area contributed by atoms with Crippen molar-refractivity contribution >= 4 is 5.97 Å². The molecular formula is C12H13FO3. The van der Waals surface area contributed by atoms with Gasteiger partial charge in [-0.3, -0.25) is 4.79 Å². The lowest BCUT2D eigenvalue weighted by Gasteiger charge is -2.37. The molecule has 0 aliphatic heterocycles. The lowest BCUT2D eigenvalue weighted by Crippen LogP contribution is -2.43. The van der Waals surface area contributed by atoms with Gasteiger partial charge in [0.1, 0.15) is 23.6 Å². The molecular weight excluding hydrogens is 211 g/mol. The Morgan fingerprint density at radius 1 is 1.50 bits per heavy atom. The Kier molecular flexibility index (Phi) is 2.81. The Balaban J connectivity index is 1.99. The number of benzene rings is 1. The van der Waals surface area contributed by atoms with Crippen molar-refractivity contribution in [2.24, 2.45) is 5.41 Å². The number of hydrogen-bond acceptors (Lipinski definition) is 2. The fourth-order valence-corrected chi connectivity index (χ4v) is 1.80. The molecule has 0 aromatic heterocycles. The number of aliphatic carboxylic acids is 1. The molecule has 0 heterocycles. The smallest absolute Gasteiger partial charge is 0.313 e. The van der Waals surface area contributed by atoms with E-state index in [2.05, 4.69) is 0 Å². The summed E-state index contributed by atoms with van der Waals surface area (Å²) in [7, 11) is 0. The predicted octanol–water partition coefficient (Wildman–Crippen LogP) is 2.46. The molecule has 1 aromatic rings. The number of halogens is 1. The van der Waals surface area contributed by atoms with Crippen LogP contribution in [0.4, 0.5) is 4.39 Å². The van der Waals surface area contributed by atoms with Crippen molar-refractivity contribution in [3.05, 3.63) is 30.1 Å². The molecule has 0 unspecified atom stereocenters. The Hall–Kier alpha value is -1.58. The van der Waals surface area contributed by atoms with E-state index >= 15 is 0 Å². The van der Waals surface area contributed by atoms with Crippen molar-refractivity contribution in [2.75, 3.05) is 6.61 Å². The first-order valence-corrected chi connectivity index (χ1v) is 5.24. The van der Waals surface area contributed by atoms with E-state index in [4.69, 9.17) is 9.84 Å². The summed E-state index contributed by atoms with van der Waals surface area (Å²) in [5.41, 5.74) is -0.758. The number of carboxylic acid groups (broad SMARTS) is 1. The summed E-state index contributed by atoms with van der Waals surface area (Å²) < 4.78 is 18.2.